The van der Waals surface area contributed by atoms with Gasteiger partial charge in [0.1, 0.15) is 11.5 Å². The van der Waals surface area contributed by atoms with Gasteiger partial charge in [0.25, 0.3) is 11.8 Å². The van der Waals surface area contributed by atoms with Crippen LogP contribution in [-0.4, -0.2) is 11.8 Å². The highest BCUT2D eigenvalue weighted by molar-refractivity contribution is 6.46. The zero-order chi connectivity index (χ0) is 24.6. The smallest absolute Gasteiger partial charge is 0.350 e. The van der Waals surface area contributed by atoms with E-state index < -0.39 is 29.4 Å². The van der Waals surface area contributed by atoms with Crippen molar-refractivity contribution in [2.24, 2.45) is 0 Å². The number of rotatable bonds is 5. The Kier molecular flexibility index (Phi) is 6.00. The largest absolute Gasteiger partial charge is 0.416 e. The van der Waals surface area contributed by atoms with Crippen molar-refractivity contribution in [1.82, 2.24) is 0 Å². The second-order valence-electron chi connectivity index (χ2n) is 8.15. The third kappa shape index (κ3) is 4.44. The molecule has 34 heavy (non-hydrogen) atoms. The first-order valence-corrected chi connectivity index (χ1v) is 10.5. The van der Waals surface area contributed by atoms with Crippen LogP contribution in [0.5, 0.6) is 0 Å². The summed E-state index contributed by atoms with van der Waals surface area (Å²) in [5.41, 5.74) is 0.982. The van der Waals surface area contributed by atoms with Crippen LogP contribution in [0.15, 0.2) is 78.5 Å². The summed E-state index contributed by atoms with van der Waals surface area (Å²) in [5.74, 6) is -1.66. The summed E-state index contributed by atoms with van der Waals surface area (Å²) in [7, 11) is 0. The molecule has 0 spiro atoms. The maximum absolute atomic E-state index is 13.5. The highest BCUT2D eigenvalue weighted by Gasteiger charge is 2.40. The van der Waals surface area contributed by atoms with Gasteiger partial charge in [-0.25, -0.2) is 9.29 Å². The molecular formula is C26H20F4N2O2. The van der Waals surface area contributed by atoms with Gasteiger partial charge in [-0.3, -0.25) is 9.59 Å². The molecule has 0 unspecified atom stereocenters. The van der Waals surface area contributed by atoms with E-state index in [2.05, 4.69) is 5.32 Å². The molecule has 3 aromatic carbocycles. The summed E-state index contributed by atoms with van der Waals surface area (Å²) >= 11 is 0. The van der Waals surface area contributed by atoms with Crippen molar-refractivity contribution in [1.29, 1.82) is 0 Å². The molecule has 1 aliphatic heterocycles. The highest BCUT2D eigenvalue weighted by atomic mass is 19.4. The van der Waals surface area contributed by atoms with E-state index in [-0.39, 0.29) is 17.0 Å². The Balaban J connectivity index is 1.75. The average molecular weight is 468 g/mol. The summed E-state index contributed by atoms with van der Waals surface area (Å²) in [6.07, 6.45) is -4.55. The lowest BCUT2D eigenvalue weighted by Crippen LogP contribution is -2.32. The van der Waals surface area contributed by atoms with E-state index in [0.717, 1.165) is 46.9 Å². The Morgan fingerprint density at radius 1 is 0.794 bits per heavy atom. The summed E-state index contributed by atoms with van der Waals surface area (Å²) in [6.45, 7) is 4.08. The van der Waals surface area contributed by atoms with Crippen molar-refractivity contribution in [2.75, 3.05) is 10.2 Å². The molecule has 0 saturated heterocycles. The molecule has 4 rings (SSSR count). The van der Waals surface area contributed by atoms with Crippen LogP contribution < -0.4 is 10.2 Å². The third-order valence-electron chi connectivity index (χ3n) is 5.52. The molecule has 174 valence electrons. The number of carbonyl (C=O) groups is 2. The van der Waals surface area contributed by atoms with Crippen LogP contribution in [0.4, 0.5) is 28.9 Å². The van der Waals surface area contributed by atoms with Crippen molar-refractivity contribution in [3.63, 3.8) is 0 Å². The fourth-order valence-electron chi connectivity index (χ4n) is 3.66. The Bertz CT molecular complexity index is 1260. The SMILES string of the molecule is CC(C)c1ccc(NC2=C(c3ccc(F)cc3)C(=O)N(c3ccc(C(F)(F)F)cc3)C2=O)cc1. The van der Waals surface area contributed by atoms with Crippen LogP contribution in [0.25, 0.3) is 5.57 Å². The van der Waals surface area contributed by atoms with Crippen molar-refractivity contribution < 1.29 is 27.2 Å². The number of anilines is 2. The Morgan fingerprint density at radius 3 is 1.91 bits per heavy atom. The highest BCUT2D eigenvalue weighted by Crippen LogP contribution is 2.36. The number of imide groups is 1. The van der Waals surface area contributed by atoms with Gasteiger partial charge in [-0.1, -0.05) is 38.1 Å². The fourth-order valence-corrected chi connectivity index (χ4v) is 3.66. The van der Waals surface area contributed by atoms with E-state index >= 15 is 0 Å². The van der Waals surface area contributed by atoms with Crippen molar-refractivity contribution in [2.45, 2.75) is 25.9 Å². The second-order valence-corrected chi connectivity index (χ2v) is 8.15. The molecule has 1 heterocycles. The molecule has 0 bridgehead atoms. The van der Waals surface area contributed by atoms with Crippen LogP contribution >= 0.6 is 0 Å². The molecule has 2 amide bonds. The lowest BCUT2D eigenvalue weighted by Gasteiger charge is -2.16. The van der Waals surface area contributed by atoms with Gasteiger partial charge < -0.3 is 5.32 Å². The lowest BCUT2D eigenvalue weighted by atomic mass is 10.0. The molecule has 4 nitrogen and oxygen atoms in total. The maximum Gasteiger partial charge on any atom is 0.416 e. The first-order valence-electron chi connectivity index (χ1n) is 10.5. The number of hydrogen-bond donors (Lipinski definition) is 1. The minimum Gasteiger partial charge on any atom is -0.350 e. The minimum absolute atomic E-state index is 0.00201. The molecule has 0 fully saturated rings. The number of alkyl halides is 3. The predicted molar refractivity (Wildman–Crippen MR) is 121 cm³/mol. The Labute approximate surface area is 193 Å². The first kappa shape index (κ1) is 23.2. The van der Waals surface area contributed by atoms with Crippen molar-refractivity contribution in [3.05, 3.63) is 101 Å². The van der Waals surface area contributed by atoms with E-state index in [0.29, 0.717) is 17.2 Å². The van der Waals surface area contributed by atoms with E-state index in [1.54, 1.807) is 12.1 Å². The molecule has 8 heteroatoms. The van der Waals surface area contributed by atoms with Gasteiger partial charge in [-0.05, 0) is 65.6 Å². The molecule has 1 N–H and O–H groups in total. The number of amides is 2. The number of halogens is 4. The number of nitrogens with one attached hydrogen (secondary N) is 1. The molecule has 1 aliphatic rings. The zero-order valence-electron chi connectivity index (χ0n) is 18.3. The van der Waals surface area contributed by atoms with Crippen LogP contribution in [-0.2, 0) is 15.8 Å². The number of nitrogens with zero attached hydrogens (tertiary/aromatic N) is 1. The Morgan fingerprint density at radius 2 is 1.38 bits per heavy atom. The normalized spacial score (nSPS) is 14.4. The van der Waals surface area contributed by atoms with Gasteiger partial charge >= 0.3 is 6.18 Å². The zero-order valence-corrected chi connectivity index (χ0v) is 18.3. The fraction of sp³-hybridized carbons (Fsp3) is 0.154. The monoisotopic (exact) mass is 468 g/mol. The van der Waals surface area contributed by atoms with Crippen LogP contribution in [0.1, 0.15) is 36.5 Å². The van der Waals surface area contributed by atoms with E-state index in [9.17, 15) is 27.2 Å². The molecule has 0 radical (unpaired) electrons. The van der Waals surface area contributed by atoms with E-state index in [4.69, 9.17) is 0 Å². The number of benzene rings is 3. The van der Waals surface area contributed by atoms with Gasteiger partial charge in [-0.2, -0.15) is 13.2 Å². The maximum atomic E-state index is 13.5. The number of carbonyl (C=O) groups excluding carboxylic acids is 2. The Hall–Kier alpha value is -3.94. The molecule has 0 saturated carbocycles. The summed E-state index contributed by atoms with van der Waals surface area (Å²) in [4.78, 5) is 27.4. The quantitative estimate of drug-likeness (QED) is 0.350. The van der Waals surface area contributed by atoms with Crippen molar-refractivity contribution in [3.8, 4) is 0 Å². The van der Waals surface area contributed by atoms with E-state index in [1.165, 1.54) is 12.1 Å². The molecular weight excluding hydrogens is 448 g/mol. The van der Waals surface area contributed by atoms with E-state index in [1.807, 2.05) is 26.0 Å². The standard InChI is InChI=1S/C26H20F4N2O2/c1-15(2)16-5-11-20(12-6-16)31-23-22(17-3-9-19(27)10-4-17)24(33)32(25(23)34)21-13-7-18(8-14-21)26(28,29)30/h3-15,31H,1-2H3. The molecule has 0 aliphatic carbocycles. The van der Waals surface area contributed by atoms with Crippen LogP contribution in [0, 0.1) is 5.82 Å². The second kappa shape index (κ2) is 8.78. The van der Waals surface area contributed by atoms with Crippen LogP contribution in [0.2, 0.25) is 0 Å². The van der Waals surface area contributed by atoms with Crippen molar-refractivity contribution >= 4 is 28.8 Å². The number of hydrogen-bond acceptors (Lipinski definition) is 3. The van der Waals surface area contributed by atoms with Gasteiger partial charge in [0, 0.05) is 5.69 Å². The summed E-state index contributed by atoms with van der Waals surface area (Å²) in [5, 5.41) is 2.98. The molecule has 0 aromatic heterocycles. The third-order valence-corrected chi connectivity index (χ3v) is 5.52. The minimum atomic E-state index is -4.55. The average Bonchev–Trinajstić information content (AvgIpc) is 3.03. The van der Waals surface area contributed by atoms with Gasteiger partial charge in [0.15, 0.2) is 0 Å². The van der Waals surface area contributed by atoms with Gasteiger partial charge in [0.05, 0.1) is 16.8 Å². The molecule has 0 atom stereocenters. The molecule has 3 aromatic rings. The summed E-state index contributed by atoms with van der Waals surface area (Å²) < 4.78 is 52.3. The summed E-state index contributed by atoms with van der Waals surface area (Å²) in [6, 6.07) is 16.1. The van der Waals surface area contributed by atoms with Gasteiger partial charge in [0.2, 0.25) is 0 Å². The first-order chi connectivity index (χ1) is 16.1. The lowest BCUT2D eigenvalue weighted by molar-refractivity contribution is -0.137. The van der Waals surface area contributed by atoms with Crippen LogP contribution in [0.3, 0.4) is 0 Å². The van der Waals surface area contributed by atoms with Gasteiger partial charge in [-0.15, -0.1) is 0 Å². The predicted octanol–water partition coefficient (Wildman–Crippen LogP) is 6.36. The topological polar surface area (TPSA) is 49.4 Å².